The number of carboxylic acids is 1. The second kappa shape index (κ2) is 6.19. The van der Waals surface area contributed by atoms with E-state index in [9.17, 15) is 4.79 Å². The highest BCUT2D eigenvalue weighted by Crippen LogP contribution is 2.14. The molecule has 0 spiro atoms. The Balaban J connectivity index is 2.55. The largest absolute Gasteiger partial charge is 0.481 e. The Morgan fingerprint density at radius 2 is 1.93 bits per heavy atom. The molecule has 0 radical (unpaired) electrons. The molecule has 0 aromatic heterocycles. The molecule has 1 aromatic rings. The Hall–Kier alpha value is -1.35. The third-order valence-electron chi connectivity index (χ3n) is 2.38. The van der Waals surface area contributed by atoms with Crippen molar-refractivity contribution >= 4 is 5.97 Å². The van der Waals surface area contributed by atoms with Crippen LogP contribution in [-0.2, 0) is 11.2 Å². The second-order valence-electron chi connectivity index (χ2n) is 3.59. The molecule has 0 heterocycles. The minimum atomic E-state index is -0.785. The van der Waals surface area contributed by atoms with Gasteiger partial charge in [-0.3, -0.25) is 4.79 Å². The molecule has 1 aromatic carbocycles. The van der Waals surface area contributed by atoms with Crippen molar-refractivity contribution < 1.29 is 15.0 Å². The quantitative estimate of drug-likeness (QED) is 0.748. The maximum atomic E-state index is 10.9. The lowest BCUT2D eigenvalue weighted by molar-refractivity contribution is -0.142. The molecule has 3 heteroatoms. The summed E-state index contributed by atoms with van der Waals surface area (Å²) < 4.78 is 0. The SMILES string of the molecule is O=C(O)C(CCCO)Cc1ccccc1. The van der Waals surface area contributed by atoms with E-state index < -0.39 is 5.97 Å². The normalized spacial score (nSPS) is 12.3. The molecule has 82 valence electrons. The molecule has 0 saturated heterocycles. The van der Waals surface area contributed by atoms with Crippen LogP contribution < -0.4 is 0 Å². The third-order valence-corrected chi connectivity index (χ3v) is 2.38. The standard InChI is InChI=1S/C12H16O3/c13-8-4-7-11(12(14)15)9-10-5-2-1-3-6-10/h1-3,5-6,11,13H,4,7-9H2,(H,14,15). The Kier molecular flexibility index (Phi) is 4.84. The highest BCUT2D eigenvalue weighted by molar-refractivity contribution is 5.70. The number of carboxylic acid groups (broad SMARTS) is 1. The Morgan fingerprint density at radius 1 is 1.27 bits per heavy atom. The fraction of sp³-hybridized carbons (Fsp3) is 0.417. The first-order valence-electron chi connectivity index (χ1n) is 5.11. The summed E-state index contributed by atoms with van der Waals surface area (Å²) >= 11 is 0. The van der Waals surface area contributed by atoms with Gasteiger partial charge >= 0.3 is 5.97 Å². The lowest BCUT2D eigenvalue weighted by atomic mass is 9.95. The van der Waals surface area contributed by atoms with Gasteiger partial charge in [-0.1, -0.05) is 30.3 Å². The van der Waals surface area contributed by atoms with E-state index in [0.29, 0.717) is 19.3 Å². The van der Waals surface area contributed by atoms with Gasteiger partial charge in [0.15, 0.2) is 0 Å². The molecule has 0 amide bonds. The fourth-order valence-electron chi connectivity index (χ4n) is 1.55. The molecule has 0 aliphatic rings. The summed E-state index contributed by atoms with van der Waals surface area (Å²) in [4.78, 5) is 10.9. The molecule has 0 aliphatic carbocycles. The van der Waals surface area contributed by atoms with Crippen LogP contribution in [0.15, 0.2) is 30.3 Å². The van der Waals surface area contributed by atoms with Crippen molar-refractivity contribution in [1.82, 2.24) is 0 Å². The minimum Gasteiger partial charge on any atom is -0.481 e. The minimum absolute atomic E-state index is 0.0541. The van der Waals surface area contributed by atoms with E-state index in [2.05, 4.69) is 0 Å². The topological polar surface area (TPSA) is 57.5 Å². The van der Waals surface area contributed by atoms with E-state index in [1.807, 2.05) is 30.3 Å². The molecule has 0 saturated carbocycles. The smallest absolute Gasteiger partial charge is 0.306 e. The van der Waals surface area contributed by atoms with Gasteiger partial charge in [0.25, 0.3) is 0 Å². The summed E-state index contributed by atoms with van der Waals surface area (Å²) in [6, 6.07) is 9.57. The number of hydrogen-bond acceptors (Lipinski definition) is 2. The molecule has 0 fully saturated rings. The van der Waals surface area contributed by atoms with Gasteiger partial charge in [0.05, 0.1) is 5.92 Å². The van der Waals surface area contributed by atoms with Crippen LogP contribution in [0.1, 0.15) is 18.4 Å². The van der Waals surface area contributed by atoms with Crippen molar-refractivity contribution in [3.05, 3.63) is 35.9 Å². The van der Waals surface area contributed by atoms with Crippen LogP contribution in [-0.4, -0.2) is 22.8 Å². The van der Waals surface area contributed by atoms with Gasteiger partial charge in [0.1, 0.15) is 0 Å². The average Bonchev–Trinajstić information content (AvgIpc) is 2.25. The van der Waals surface area contributed by atoms with Crippen LogP contribution in [0.3, 0.4) is 0 Å². The van der Waals surface area contributed by atoms with Crippen molar-refractivity contribution in [2.75, 3.05) is 6.61 Å². The summed E-state index contributed by atoms with van der Waals surface area (Å²) in [5.41, 5.74) is 1.03. The molecule has 0 aliphatic heterocycles. The van der Waals surface area contributed by atoms with Gasteiger partial charge in [0, 0.05) is 6.61 Å². The van der Waals surface area contributed by atoms with Crippen molar-refractivity contribution in [3.63, 3.8) is 0 Å². The van der Waals surface area contributed by atoms with Crippen LogP contribution >= 0.6 is 0 Å². The zero-order valence-electron chi connectivity index (χ0n) is 8.60. The number of aliphatic carboxylic acids is 1. The van der Waals surface area contributed by atoms with Gasteiger partial charge in [0.2, 0.25) is 0 Å². The number of aliphatic hydroxyl groups excluding tert-OH is 1. The van der Waals surface area contributed by atoms with Crippen LogP contribution in [0.5, 0.6) is 0 Å². The summed E-state index contributed by atoms with van der Waals surface area (Å²) in [5, 5.41) is 17.6. The van der Waals surface area contributed by atoms with E-state index in [4.69, 9.17) is 10.2 Å². The van der Waals surface area contributed by atoms with E-state index >= 15 is 0 Å². The summed E-state index contributed by atoms with van der Waals surface area (Å²) in [5.74, 6) is -1.17. The molecule has 1 rings (SSSR count). The maximum Gasteiger partial charge on any atom is 0.306 e. The highest BCUT2D eigenvalue weighted by atomic mass is 16.4. The molecule has 15 heavy (non-hydrogen) atoms. The van der Waals surface area contributed by atoms with E-state index in [0.717, 1.165) is 5.56 Å². The summed E-state index contributed by atoms with van der Waals surface area (Å²) in [6.07, 6.45) is 1.61. The first kappa shape index (κ1) is 11.7. The molecule has 0 bridgehead atoms. The van der Waals surface area contributed by atoms with Crippen molar-refractivity contribution in [2.45, 2.75) is 19.3 Å². The maximum absolute atomic E-state index is 10.9. The lowest BCUT2D eigenvalue weighted by Crippen LogP contribution is -2.16. The third kappa shape index (κ3) is 4.13. The highest BCUT2D eigenvalue weighted by Gasteiger charge is 2.16. The first-order valence-corrected chi connectivity index (χ1v) is 5.11. The van der Waals surface area contributed by atoms with Gasteiger partial charge in [-0.15, -0.1) is 0 Å². The predicted molar refractivity (Wildman–Crippen MR) is 57.6 cm³/mol. The van der Waals surface area contributed by atoms with Gasteiger partial charge in [-0.25, -0.2) is 0 Å². The first-order chi connectivity index (χ1) is 7.24. The number of rotatable bonds is 6. The van der Waals surface area contributed by atoms with Gasteiger partial charge < -0.3 is 10.2 Å². The summed E-state index contributed by atoms with van der Waals surface area (Å²) in [7, 11) is 0. The van der Waals surface area contributed by atoms with Crippen molar-refractivity contribution in [2.24, 2.45) is 5.92 Å². The molecular formula is C12H16O3. The molecule has 3 nitrogen and oxygen atoms in total. The fourth-order valence-corrected chi connectivity index (χ4v) is 1.55. The zero-order valence-corrected chi connectivity index (χ0v) is 8.60. The van der Waals surface area contributed by atoms with Crippen molar-refractivity contribution in [1.29, 1.82) is 0 Å². The molecule has 1 unspecified atom stereocenters. The zero-order chi connectivity index (χ0) is 11.1. The number of hydrogen-bond donors (Lipinski definition) is 2. The van der Waals surface area contributed by atoms with Crippen LogP contribution in [0, 0.1) is 5.92 Å². The van der Waals surface area contributed by atoms with Gasteiger partial charge in [-0.05, 0) is 24.8 Å². The van der Waals surface area contributed by atoms with E-state index in [1.165, 1.54) is 0 Å². The van der Waals surface area contributed by atoms with E-state index in [1.54, 1.807) is 0 Å². The predicted octanol–water partition coefficient (Wildman–Crippen LogP) is 1.70. The van der Waals surface area contributed by atoms with Gasteiger partial charge in [-0.2, -0.15) is 0 Å². The van der Waals surface area contributed by atoms with E-state index in [-0.39, 0.29) is 12.5 Å². The molecular weight excluding hydrogens is 192 g/mol. The van der Waals surface area contributed by atoms with Crippen LogP contribution in [0.4, 0.5) is 0 Å². The lowest BCUT2D eigenvalue weighted by Gasteiger charge is -2.11. The molecule has 1 atom stereocenters. The van der Waals surface area contributed by atoms with Crippen LogP contribution in [0.2, 0.25) is 0 Å². The summed E-state index contributed by atoms with van der Waals surface area (Å²) in [6.45, 7) is 0.0541. The van der Waals surface area contributed by atoms with Crippen LogP contribution in [0.25, 0.3) is 0 Å². The Morgan fingerprint density at radius 3 is 2.47 bits per heavy atom. The van der Waals surface area contributed by atoms with Crippen molar-refractivity contribution in [3.8, 4) is 0 Å². The number of carbonyl (C=O) groups is 1. The average molecular weight is 208 g/mol. The monoisotopic (exact) mass is 208 g/mol. The number of benzene rings is 1. The second-order valence-corrected chi connectivity index (χ2v) is 3.59. The Bertz CT molecular complexity index is 295. The molecule has 2 N–H and O–H groups in total. The number of aliphatic hydroxyl groups is 1. The Labute approximate surface area is 89.4 Å².